The Hall–Kier alpha value is -1.25. The molecule has 1 N–H and O–H groups in total. The van der Waals surface area contributed by atoms with Gasteiger partial charge in [-0.1, -0.05) is 42.5 Å². The smallest absolute Gasteiger partial charge is 0.0316 e. The maximum absolute atomic E-state index is 3.54. The van der Waals surface area contributed by atoms with Crippen molar-refractivity contribution in [3.05, 3.63) is 65.7 Å². The van der Waals surface area contributed by atoms with Gasteiger partial charge in [0.25, 0.3) is 0 Å². The number of hydrogen-bond donors (Lipinski definition) is 1. The second kappa shape index (κ2) is 7.15. The van der Waals surface area contributed by atoms with Crippen molar-refractivity contribution in [2.45, 2.75) is 49.9 Å². The van der Waals surface area contributed by atoms with E-state index in [9.17, 15) is 0 Å². The van der Waals surface area contributed by atoms with E-state index in [1.165, 1.54) is 16.0 Å². The fourth-order valence-electron chi connectivity index (χ4n) is 2.09. The van der Waals surface area contributed by atoms with E-state index >= 15 is 0 Å². The van der Waals surface area contributed by atoms with Crippen LogP contribution in [0.1, 0.15) is 44.1 Å². The molecule has 0 spiro atoms. The SMILES string of the molecule is CC(Sc1cccc(CNC(C)(C)C)c1)c1ccccc1. The van der Waals surface area contributed by atoms with Crippen molar-refractivity contribution in [3.8, 4) is 0 Å². The molecule has 2 aromatic carbocycles. The molecule has 0 aliphatic heterocycles. The summed E-state index contributed by atoms with van der Waals surface area (Å²) >= 11 is 1.92. The summed E-state index contributed by atoms with van der Waals surface area (Å²) in [6, 6.07) is 19.5. The van der Waals surface area contributed by atoms with Gasteiger partial charge >= 0.3 is 0 Å². The van der Waals surface area contributed by atoms with Crippen molar-refractivity contribution in [2.75, 3.05) is 0 Å². The highest BCUT2D eigenvalue weighted by Gasteiger charge is 2.10. The van der Waals surface area contributed by atoms with Gasteiger partial charge in [-0.15, -0.1) is 11.8 Å². The lowest BCUT2D eigenvalue weighted by Gasteiger charge is -2.21. The van der Waals surface area contributed by atoms with E-state index in [2.05, 4.69) is 87.6 Å². The second-order valence-electron chi connectivity index (χ2n) is 6.42. The Morgan fingerprint density at radius 1 is 1.00 bits per heavy atom. The summed E-state index contributed by atoms with van der Waals surface area (Å²) in [6.07, 6.45) is 0. The molecular formula is C19H25NS. The van der Waals surface area contributed by atoms with E-state index in [-0.39, 0.29) is 5.54 Å². The van der Waals surface area contributed by atoms with Crippen LogP contribution in [0.3, 0.4) is 0 Å². The first-order valence-corrected chi connectivity index (χ1v) is 8.37. The molecule has 0 saturated carbocycles. The molecule has 0 aliphatic carbocycles. The van der Waals surface area contributed by atoms with E-state index in [1.54, 1.807) is 0 Å². The first-order chi connectivity index (χ1) is 9.94. The molecule has 0 bridgehead atoms. The maximum atomic E-state index is 3.54. The lowest BCUT2D eigenvalue weighted by molar-refractivity contribution is 0.424. The Kier molecular flexibility index (Phi) is 5.49. The molecule has 0 radical (unpaired) electrons. The van der Waals surface area contributed by atoms with E-state index < -0.39 is 0 Å². The molecule has 2 rings (SSSR count). The summed E-state index contributed by atoms with van der Waals surface area (Å²) in [5.41, 5.74) is 2.87. The van der Waals surface area contributed by atoms with Gasteiger partial charge in [-0.05, 0) is 51.0 Å². The number of rotatable bonds is 5. The monoisotopic (exact) mass is 299 g/mol. The van der Waals surface area contributed by atoms with Crippen LogP contribution in [0.15, 0.2) is 59.5 Å². The number of hydrogen-bond acceptors (Lipinski definition) is 2. The minimum atomic E-state index is 0.153. The molecule has 0 aromatic heterocycles. The Bertz CT molecular complexity index is 557. The molecule has 0 fully saturated rings. The zero-order valence-corrected chi connectivity index (χ0v) is 14.2. The van der Waals surface area contributed by atoms with Crippen LogP contribution in [0.25, 0.3) is 0 Å². The van der Waals surface area contributed by atoms with Crippen molar-refractivity contribution in [3.63, 3.8) is 0 Å². The third-order valence-corrected chi connectivity index (χ3v) is 4.45. The summed E-state index contributed by atoms with van der Waals surface area (Å²) in [6.45, 7) is 9.77. The molecule has 0 heterocycles. The summed E-state index contributed by atoms with van der Waals surface area (Å²) in [7, 11) is 0. The molecule has 0 aliphatic rings. The van der Waals surface area contributed by atoms with Gasteiger partial charge in [0, 0.05) is 22.2 Å². The van der Waals surface area contributed by atoms with Crippen molar-refractivity contribution < 1.29 is 0 Å². The van der Waals surface area contributed by atoms with E-state index in [1.807, 2.05) is 11.8 Å². The van der Waals surface area contributed by atoms with Crippen LogP contribution in [0, 0.1) is 0 Å². The molecule has 1 unspecified atom stereocenters. The molecule has 1 nitrogen and oxygen atoms in total. The van der Waals surface area contributed by atoms with E-state index in [0.717, 1.165) is 6.54 Å². The predicted molar refractivity (Wildman–Crippen MR) is 93.7 cm³/mol. The van der Waals surface area contributed by atoms with Gasteiger partial charge in [-0.25, -0.2) is 0 Å². The van der Waals surface area contributed by atoms with Gasteiger partial charge in [0.2, 0.25) is 0 Å². The highest BCUT2D eigenvalue weighted by molar-refractivity contribution is 7.99. The summed E-state index contributed by atoms with van der Waals surface area (Å²) < 4.78 is 0. The summed E-state index contributed by atoms with van der Waals surface area (Å²) in [4.78, 5) is 1.33. The number of thioether (sulfide) groups is 1. The maximum Gasteiger partial charge on any atom is 0.0316 e. The molecule has 2 aromatic rings. The van der Waals surface area contributed by atoms with Gasteiger partial charge in [0.15, 0.2) is 0 Å². The topological polar surface area (TPSA) is 12.0 Å². The van der Waals surface area contributed by atoms with Crippen LogP contribution < -0.4 is 5.32 Å². The van der Waals surface area contributed by atoms with Crippen LogP contribution in [-0.2, 0) is 6.54 Å². The first-order valence-electron chi connectivity index (χ1n) is 7.50. The summed E-state index contributed by atoms with van der Waals surface area (Å²) in [5.74, 6) is 0. The van der Waals surface area contributed by atoms with Crippen molar-refractivity contribution in [1.29, 1.82) is 0 Å². The van der Waals surface area contributed by atoms with Crippen LogP contribution >= 0.6 is 11.8 Å². The van der Waals surface area contributed by atoms with E-state index in [0.29, 0.717) is 5.25 Å². The zero-order chi connectivity index (χ0) is 15.3. The minimum absolute atomic E-state index is 0.153. The Balaban J connectivity index is 2.01. The van der Waals surface area contributed by atoms with Gasteiger partial charge < -0.3 is 5.32 Å². The summed E-state index contributed by atoms with van der Waals surface area (Å²) in [5, 5.41) is 4.01. The molecular weight excluding hydrogens is 274 g/mol. The zero-order valence-electron chi connectivity index (χ0n) is 13.4. The number of benzene rings is 2. The Labute approximate surface area is 133 Å². The second-order valence-corrected chi connectivity index (χ2v) is 7.84. The Morgan fingerprint density at radius 3 is 2.38 bits per heavy atom. The highest BCUT2D eigenvalue weighted by atomic mass is 32.2. The van der Waals surface area contributed by atoms with Gasteiger partial charge in [0.05, 0.1) is 0 Å². The van der Waals surface area contributed by atoms with Crippen molar-refractivity contribution in [1.82, 2.24) is 5.32 Å². The number of nitrogens with one attached hydrogen (secondary N) is 1. The fraction of sp³-hybridized carbons (Fsp3) is 0.368. The van der Waals surface area contributed by atoms with Crippen LogP contribution in [-0.4, -0.2) is 5.54 Å². The minimum Gasteiger partial charge on any atom is -0.308 e. The van der Waals surface area contributed by atoms with Crippen LogP contribution in [0.5, 0.6) is 0 Å². The lowest BCUT2D eigenvalue weighted by atomic mass is 10.1. The molecule has 112 valence electrons. The van der Waals surface area contributed by atoms with Gasteiger partial charge in [-0.2, -0.15) is 0 Å². The third-order valence-electron chi connectivity index (χ3n) is 3.30. The van der Waals surface area contributed by atoms with Crippen LogP contribution in [0.4, 0.5) is 0 Å². The van der Waals surface area contributed by atoms with Gasteiger partial charge in [-0.3, -0.25) is 0 Å². The molecule has 21 heavy (non-hydrogen) atoms. The average molecular weight is 299 g/mol. The highest BCUT2D eigenvalue weighted by Crippen LogP contribution is 2.34. The quantitative estimate of drug-likeness (QED) is 0.739. The Morgan fingerprint density at radius 2 is 1.71 bits per heavy atom. The van der Waals surface area contributed by atoms with Crippen molar-refractivity contribution in [2.24, 2.45) is 0 Å². The normalized spacial score (nSPS) is 13.1. The lowest BCUT2D eigenvalue weighted by Crippen LogP contribution is -2.35. The molecule has 0 amide bonds. The fourth-order valence-corrected chi connectivity index (χ4v) is 3.17. The first kappa shape index (κ1) is 16.1. The van der Waals surface area contributed by atoms with E-state index in [4.69, 9.17) is 0 Å². The van der Waals surface area contributed by atoms with Crippen LogP contribution in [0.2, 0.25) is 0 Å². The third kappa shape index (κ3) is 5.56. The van der Waals surface area contributed by atoms with Crippen molar-refractivity contribution >= 4 is 11.8 Å². The average Bonchev–Trinajstić information content (AvgIpc) is 2.46. The molecule has 2 heteroatoms. The predicted octanol–water partition coefficient (Wildman–Crippen LogP) is 5.43. The molecule has 1 atom stereocenters. The molecule has 0 saturated heterocycles. The standard InChI is InChI=1S/C19H25NS/c1-15(17-10-6-5-7-11-17)21-18-12-8-9-16(13-18)14-20-19(2,3)4/h5-13,15,20H,14H2,1-4H3. The largest absolute Gasteiger partial charge is 0.308 e. The van der Waals surface area contributed by atoms with Gasteiger partial charge in [0.1, 0.15) is 0 Å².